The summed E-state index contributed by atoms with van der Waals surface area (Å²) in [4.78, 5) is 24.8. The molecule has 3 aromatic carbocycles. The lowest BCUT2D eigenvalue weighted by Gasteiger charge is -2.18. The number of hydrogen-bond acceptors (Lipinski definition) is 4. The van der Waals surface area contributed by atoms with Gasteiger partial charge in [-0.25, -0.2) is 0 Å². The van der Waals surface area contributed by atoms with Crippen molar-refractivity contribution in [2.24, 2.45) is 5.73 Å². The third kappa shape index (κ3) is 3.38. The first kappa shape index (κ1) is 20.1. The molecular weight excluding hydrogens is 404 g/mol. The fraction of sp³-hybridized carbons (Fsp3) is 0.231. The van der Waals surface area contributed by atoms with Crippen molar-refractivity contribution in [1.82, 2.24) is 0 Å². The van der Waals surface area contributed by atoms with Crippen LogP contribution in [0.15, 0.2) is 54.6 Å². The summed E-state index contributed by atoms with van der Waals surface area (Å²) in [7, 11) is 0. The summed E-state index contributed by atoms with van der Waals surface area (Å²) in [5.41, 5.74) is 11.1. The number of fused-ring (bicyclic) bond motifs is 1. The number of aryl methyl sites for hydroxylation is 2. The average Bonchev–Trinajstić information content (AvgIpc) is 3.46. The van der Waals surface area contributed by atoms with E-state index in [1.165, 1.54) is 0 Å². The number of nitrogens with one attached hydrogen (secondary N) is 1. The van der Waals surface area contributed by atoms with E-state index in [1.807, 2.05) is 56.3 Å². The number of nitrogens with two attached hydrogens (primary N) is 1. The summed E-state index contributed by atoms with van der Waals surface area (Å²) >= 11 is 0. The van der Waals surface area contributed by atoms with Gasteiger partial charge < -0.3 is 20.5 Å². The molecule has 6 nitrogen and oxygen atoms in total. The van der Waals surface area contributed by atoms with Crippen LogP contribution < -0.4 is 20.5 Å². The minimum absolute atomic E-state index is 0. The van der Waals surface area contributed by atoms with E-state index in [0.717, 1.165) is 46.3 Å². The summed E-state index contributed by atoms with van der Waals surface area (Å²) in [6.07, 6.45) is 1.59. The van der Waals surface area contributed by atoms with E-state index < -0.39 is 11.3 Å². The molecule has 0 aromatic heterocycles. The van der Waals surface area contributed by atoms with Crippen LogP contribution in [-0.2, 0) is 10.2 Å². The first-order valence-corrected chi connectivity index (χ1v) is 10.6. The molecule has 5 rings (SSSR count). The van der Waals surface area contributed by atoms with E-state index in [2.05, 4.69) is 5.32 Å². The fourth-order valence-corrected chi connectivity index (χ4v) is 4.33. The number of anilines is 1. The molecule has 2 aliphatic rings. The van der Waals surface area contributed by atoms with Crippen molar-refractivity contribution in [3.8, 4) is 22.6 Å². The quantitative estimate of drug-likeness (QED) is 0.613. The maximum absolute atomic E-state index is 13.3. The molecule has 1 heterocycles. The molecule has 6 heteroatoms. The Hall–Kier alpha value is -3.80. The zero-order valence-electron chi connectivity index (χ0n) is 18.0. The highest BCUT2D eigenvalue weighted by Crippen LogP contribution is 2.51. The Morgan fingerprint density at radius 3 is 2.41 bits per heavy atom. The van der Waals surface area contributed by atoms with Gasteiger partial charge in [0, 0.05) is 12.7 Å². The predicted molar refractivity (Wildman–Crippen MR) is 124 cm³/mol. The lowest BCUT2D eigenvalue weighted by molar-refractivity contribution is -0.118. The highest BCUT2D eigenvalue weighted by Gasteiger charge is 2.51. The highest BCUT2D eigenvalue weighted by molar-refractivity contribution is 6.02. The molecule has 0 atom stereocenters. The first-order chi connectivity index (χ1) is 15.4. The monoisotopic (exact) mass is 430 g/mol. The molecule has 1 aliphatic heterocycles. The number of hydrogen-bond donors (Lipinski definition) is 2. The molecule has 164 valence electrons. The van der Waals surface area contributed by atoms with Gasteiger partial charge in [-0.3, -0.25) is 9.59 Å². The van der Waals surface area contributed by atoms with Crippen molar-refractivity contribution in [3.05, 3.63) is 76.9 Å². The van der Waals surface area contributed by atoms with Crippen molar-refractivity contribution >= 4 is 17.5 Å². The van der Waals surface area contributed by atoms with Gasteiger partial charge in [-0.2, -0.15) is 0 Å². The molecule has 0 spiro atoms. The molecule has 0 saturated heterocycles. The van der Waals surface area contributed by atoms with Gasteiger partial charge in [0.25, 0.3) is 0 Å². The topological polar surface area (TPSA) is 90.7 Å². The van der Waals surface area contributed by atoms with Gasteiger partial charge in [0.05, 0.1) is 5.41 Å². The molecule has 0 radical (unpaired) electrons. The lowest BCUT2D eigenvalue weighted by atomic mass is 9.93. The van der Waals surface area contributed by atoms with Crippen LogP contribution in [0.2, 0.25) is 0 Å². The van der Waals surface area contributed by atoms with Crippen molar-refractivity contribution in [2.45, 2.75) is 32.1 Å². The number of benzene rings is 3. The zero-order valence-corrected chi connectivity index (χ0v) is 18.0. The van der Waals surface area contributed by atoms with Gasteiger partial charge in [-0.05, 0) is 90.9 Å². The van der Waals surface area contributed by atoms with E-state index in [-0.39, 0.29) is 14.1 Å². The normalized spacial score (nSPS) is 15.3. The molecule has 1 fully saturated rings. The van der Waals surface area contributed by atoms with Gasteiger partial charge in [-0.15, -0.1) is 0 Å². The van der Waals surface area contributed by atoms with E-state index in [0.29, 0.717) is 17.1 Å². The van der Waals surface area contributed by atoms with Crippen LogP contribution >= 0.6 is 0 Å². The minimum Gasteiger partial charge on any atom is -0.454 e. The third-order valence-corrected chi connectivity index (χ3v) is 6.41. The summed E-state index contributed by atoms with van der Waals surface area (Å²) in [6.45, 7) is 4.19. The molecule has 3 N–H and O–H groups in total. The van der Waals surface area contributed by atoms with Gasteiger partial charge in [-0.1, -0.05) is 18.2 Å². The smallest absolute Gasteiger partial charge is 0.248 e. The second kappa shape index (κ2) is 7.41. The van der Waals surface area contributed by atoms with Crippen LogP contribution in [0.3, 0.4) is 0 Å². The molecule has 2 amide bonds. The molecule has 1 aliphatic carbocycles. The number of primary amides is 1. The number of carbonyl (C=O) groups is 2. The highest BCUT2D eigenvalue weighted by atomic mass is 16.7. The molecule has 3 aromatic rings. The van der Waals surface area contributed by atoms with E-state index in [9.17, 15) is 9.59 Å². The van der Waals surface area contributed by atoms with Crippen LogP contribution in [0, 0.1) is 13.8 Å². The van der Waals surface area contributed by atoms with E-state index in [4.69, 9.17) is 15.2 Å². The third-order valence-electron chi connectivity index (χ3n) is 6.41. The van der Waals surface area contributed by atoms with E-state index >= 15 is 0 Å². The van der Waals surface area contributed by atoms with Crippen LogP contribution in [0.1, 0.15) is 41.3 Å². The summed E-state index contributed by atoms with van der Waals surface area (Å²) in [6, 6.07) is 17.0. The van der Waals surface area contributed by atoms with E-state index in [1.54, 1.807) is 12.1 Å². The van der Waals surface area contributed by atoms with Gasteiger partial charge >= 0.3 is 0 Å². The molecule has 0 unspecified atom stereocenters. The second-order valence-electron chi connectivity index (χ2n) is 8.53. The Balaban J connectivity index is 0.00000259. The average molecular weight is 431 g/mol. The SMILES string of the molecule is Cc1cc(C(N)=O)ccc1-c1cc(NC(=O)C2(c3ccc4c(c3)OCO4)CC2)ccc1C.[HH]. The number of ether oxygens (including phenoxy) is 2. The standard InChI is InChI=1S/C26H24N2O4.H2/c1-15-3-6-19(13-21(15)20-7-4-17(24(27)29)11-16(20)2)28-25(30)26(9-10-26)18-5-8-22-23(12-18)32-14-31-22;/h3-8,11-13H,9-10,14H2,1-2H3,(H2,27,29)(H,28,30);1H. The van der Waals surface area contributed by atoms with Gasteiger partial charge in [0.15, 0.2) is 11.5 Å². The van der Waals surface area contributed by atoms with Crippen molar-refractivity contribution in [1.29, 1.82) is 0 Å². The van der Waals surface area contributed by atoms with Crippen molar-refractivity contribution in [2.75, 3.05) is 12.1 Å². The predicted octanol–water partition coefficient (Wildman–Crippen LogP) is 4.71. The Morgan fingerprint density at radius 2 is 1.69 bits per heavy atom. The summed E-state index contributed by atoms with van der Waals surface area (Å²) in [5.74, 6) is 0.933. The zero-order chi connectivity index (χ0) is 22.5. The Kier molecular flexibility index (Phi) is 4.66. The molecule has 1 saturated carbocycles. The van der Waals surface area contributed by atoms with Gasteiger partial charge in [0.1, 0.15) is 0 Å². The first-order valence-electron chi connectivity index (χ1n) is 10.6. The summed E-state index contributed by atoms with van der Waals surface area (Å²) < 4.78 is 10.9. The lowest BCUT2D eigenvalue weighted by Crippen LogP contribution is -2.27. The fourth-order valence-electron chi connectivity index (χ4n) is 4.33. The summed E-state index contributed by atoms with van der Waals surface area (Å²) in [5, 5.41) is 3.11. The van der Waals surface area contributed by atoms with Crippen LogP contribution in [0.5, 0.6) is 11.5 Å². The van der Waals surface area contributed by atoms with Crippen LogP contribution in [0.25, 0.3) is 11.1 Å². The minimum atomic E-state index is -0.537. The maximum atomic E-state index is 13.3. The largest absolute Gasteiger partial charge is 0.454 e. The molecule has 32 heavy (non-hydrogen) atoms. The Morgan fingerprint density at radius 1 is 0.906 bits per heavy atom. The van der Waals surface area contributed by atoms with Crippen molar-refractivity contribution < 1.29 is 20.5 Å². The Labute approximate surface area is 187 Å². The number of carbonyl (C=O) groups excluding carboxylic acids is 2. The van der Waals surface area contributed by atoms with Gasteiger partial charge in [0.2, 0.25) is 18.6 Å². The van der Waals surface area contributed by atoms with Crippen LogP contribution in [0.4, 0.5) is 5.69 Å². The number of rotatable bonds is 5. The van der Waals surface area contributed by atoms with Crippen LogP contribution in [-0.4, -0.2) is 18.6 Å². The number of amides is 2. The Bertz CT molecular complexity index is 1270. The van der Waals surface area contributed by atoms with Crippen molar-refractivity contribution in [3.63, 3.8) is 0 Å². The molecule has 0 bridgehead atoms. The molecular formula is C26H26N2O4. The second-order valence-corrected chi connectivity index (χ2v) is 8.53. The maximum Gasteiger partial charge on any atom is 0.248 e.